The van der Waals surface area contributed by atoms with Gasteiger partial charge in [-0.25, -0.2) is 18.2 Å². The molecular formula is C32H24Cl2F3N3O5S. The Hall–Kier alpha value is -4.52. The van der Waals surface area contributed by atoms with E-state index in [4.69, 9.17) is 38.7 Å². The maximum absolute atomic E-state index is 13.2. The first-order valence-electron chi connectivity index (χ1n) is 13.6. The van der Waals surface area contributed by atoms with Crippen LogP contribution >= 0.6 is 23.2 Å². The fraction of sp³-hybridized carbons (Fsp3) is 0.125. The van der Waals surface area contributed by atoms with Crippen molar-refractivity contribution >= 4 is 44.7 Å². The van der Waals surface area contributed by atoms with Crippen LogP contribution in [0.5, 0.6) is 11.5 Å². The first-order valence-corrected chi connectivity index (χ1v) is 15.8. The summed E-state index contributed by atoms with van der Waals surface area (Å²) in [5, 5.41) is 10.4. The van der Waals surface area contributed by atoms with Crippen LogP contribution in [0, 0.1) is 0 Å². The van der Waals surface area contributed by atoms with Gasteiger partial charge < -0.3 is 20.6 Å². The van der Waals surface area contributed by atoms with Crippen LogP contribution in [0.1, 0.15) is 41.0 Å². The summed E-state index contributed by atoms with van der Waals surface area (Å²) in [4.78, 5) is 18.3. The summed E-state index contributed by atoms with van der Waals surface area (Å²) in [6, 6.07) is 20.3. The Morgan fingerprint density at radius 1 is 1.00 bits per heavy atom. The number of nitrogens with one attached hydrogen (secondary N) is 1. The van der Waals surface area contributed by atoms with E-state index >= 15 is 0 Å². The number of sulfone groups is 1. The highest BCUT2D eigenvalue weighted by Gasteiger charge is 2.47. The number of nitrogens with zero attached hydrogens (tertiary/aromatic N) is 1. The van der Waals surface area contributed by atoms with Crippen molar-refractivity contribution < 1.29 is 36.2 Å². The lowest BCUT2D eigenvalue weighted by Gasteiger charge is -2.15. The zero-order chi connectivity index (χ0) is 33.4. The second kappa shape index (κ2) is 12.7. The number of carboxylic acids is 1. The molecular weight excluding hydrogens is 666 g/mol. The Labute approximate surface area is 271 Å². The predicted molar refractivity (Wildman–Crippen MR) is 169 cm³/mol. The number of halogens is 5. The normalized spacial score (nSPS) is 12.6. The number of nitrogen functional groups attached to an aromatic ring is 1. The molecule has 238 valence electrons. The maximum Gasteiger partial charge on any atom is 0.501 e. The molecule has 14 heteroatoms. The van der Waals surface area contributed by atoms with Crippen molar-refractivity contribution in [1.82, 2.24) is 9.97 Å². The van der Waals surface area contributed by atoms with Gasteiger partial charge >= 0.3 is 11.5 Å². The van der Waals surface area contributed by atoms with E-state index in [0.717, 1.165) is 34.5 Å². The number of alkyl halides is 3. The van der Waals surface area contributed by atoms with Gasteiger partial charge in [-0.05, 0) is 59.5 Å². The minimum atomic E-state index is -5.87. The standard InChI is InChI=1S/C32H24Cl2F3N3O5S/c1-2-23(30-39-16-27(40-30)24-12-9-20(33)13-26(24)34)19-5-3-17(4-6-19)18-7-10-21(11-8-18)45-28-15-22(46(43,44)32(35,36)37)14-25(29(28)38)31(41)42/h3-16,23H,2,38H2,1H3,(H,39,40)(H,41,42). The summed E-state index contributed by atoms with van der Waals surface area (Å²) >= 11 is 12.4. The molecule has 0 fully saturated rings. The zero-order valence-electron chi connectivity index (χ0n) is 23.8. The second-order valence-electron chi connectivity index (χ2n) is 10.1. The van der Waals surface area contributed by atoms with Gasteiger partial charge in [0.1, 0.15) is 11.6 Å². The molecule has 0 bridgehead atoms. The number of aromatic amines is 1. The van der Waals surface area contributed by atoms with E-state index in [1.54, 1.807) is 30.5 Å². The van der Waals surface area contributed by atoms with Gasteiger partial charge in [0.15, 0.2) is 5.75 Å². The van der Waals surface area contributed by atoms with E-state index in [0.29, 0.717) is 27.9 Å². The van der Waals surface area contributed by atoms with E-state index in [9.17, 15) is 31.5 Å². The number of imidazole rings is 1. The lowest BCUT2D eigenvalue weighted by atomic mass is 9.93. The number of benzene rings is 4. The highest BCUT2D eigenvalue weighted by molar-refractivity contribution is 7.92. The van der Waals surface area contributed by atoms with Crippen LogP contribution in [0.25, 0.3) is 22.4 Å². The number of anilines is 1. The summed E-state index contributed by atoms with van der Waals surface area (Å²) in [6.45, 7) is 2.05. The number of aromatic carboxylic acids is 1. The van der Waals surface area contributed by atoms with E-state index in [1.165, 1.54) is 12.1 Å². The Balaban J connectivity index is 1.36. The van der Waals surface area contributed by atoms with Crippen LogP contribution in [0.15, 0.2) is 90.0 Å². The van der Waals surface area contributed by atoms with E-state index in [-0.39, 0.29) is 11.7 Å². The molecule has 5 rings (SSSR count). The predicted octanol–water partition coefficient (Wildman–Crippen LogP) is 8.96. The van der Waals surface area contributed by atoms with Crippen LogP contribution < -0.4 is 10.5 Å². The molecule has 1 unspecified atom stereocenters. The highest BCUT2D eigenvalue weighted by atomic mass is 35.5. The molecule has 0 spiro atoms. The Kier molecular flexibility index (Phi) is 9.07. The molecule has 4 N–H and O–H groups in total. The van der Waals surface area contributed by atoms with Gasteiger partial charge in [0.05, 0.1) is 26.9 Å². The maximum atomic E-state index is 13.2. The van der Waals surface area contributed by atoms with Crippen LogP contribution in [-0.4, -0.2) is 35.0 Å². The molecule has 5 aromatic rings. The number of carbonyl (C=O) groups is 1. The number of hydrogen-bond acceptors (Lipinski definition) is 6. The second-order valence-corrected chi connectivity index (χ2v) is 12.9. The smallest absolute Gasteiger partial charge is 0.478 e. The third kappa shape index (κ3) is 6.55. The van der Waals surface area contributed by atoms with E-state index in [2.05, 4.69) is 11.9 Å². The molecule has 0 saturated heterocycles. The summed E-state index contributed by atoms with van der Waals surface area (Å²) in [5.74, 6) is -1.43. The lowest BCUT2D eigenvalue weighted by Crippen LogP contribution is -2.23. The molecule has 46 heavy (non-hydrogen) atoms. The number of nitrogens with two attached hydrogens (primary N) is 1. The van der Waals surface area contributed by atoms with Crippen LogP contribution in [0.4, 0.5) is 18.9 Å². The number of hydrogen-bond donors (Lipinski definition) is 3. The Morgan fingerprint density at radius 2 is 1.63 bits per heavy atom. The Bertz CT molecular complexity index is 2030. The van der Waals surface area contributed by atoms with Crippen LogP contribution in [0.3, 0.4) is 0 Å². The highest BCUT2D eigenvalue weighted by Crippen LogP contribution is 2.39. The van der Waals surface area contributed by atoms with Gasteiger partial charge in [-0.3, -0.25) is 0 Å². The number of carboxylic acid groups (broad SMARTS) is 1. The summed E-state index contributed by atoms with van der Waals surface area (Å²) in [7, 11) is -5.87. The van der Waals surface area contributed by atoms with Gasteiger partial charge in [-0.1, -0.05) is 66.5 Å². The quantitative estimate of drug-likeness (QED) is 0.131. The molecule has 4 aromatic carbocycles. The largest absolute Gasteiger partial charge is 0.501 e. The average molecular weight is 691 g/mol. The van der Waals surface area contributed by atoms with E-state index < -0.39 is 43.2 Å². The minimum absolute atomic E-state index is 0.0253. The van der Waals surface area contributed by atoms with Crippen molar-refractivity contribution in [2.75, 3.05) is 5.73 Å². The molecule has 1 heterocycles. The van der Waals surface area contributed by atoms with Crippen molar-refractivity contribution in [1.29, 1.82) is 0 Å². The number of aromatic nitrogens is 2. The van der Waals surface area contributed by atoms with Crippen molar-refractivity contribution in [3.63, 3.8) is 0 Å². The third-order valence-electron chi connectivity index (χ3n) is 7.23. The SMILES string of the molecule is CCC(c1ccc(-c2ccc(Oc3cc(S(=O)(=O)C(F)(F)F)cc(C(=O)O)c3N)cc2)cc1)c1nc(-c2ccc(Cl)cc2Cl)c[nH]1. The molecule has 0 saturated carbocycles. The van der Waals surface area contributed by atoms with Gasteiger partial charge in [0.25, 0.3) is 9.84 Å². The summed E-state index contributed by atoms with van der Waals surface area (Å²) in [5.41, 5.74) is 2.88. The molecule has 8 nitrogen and oxygen atoms in total. The molecule has 0 amide bonds. The third-order valence-corrected chi connectivity index (χ3v) is 9.25. The fourth-order valence-electron chi connectivity index (χ4n) is 4.84. The van der Waals surface area contributed by atoms with Crippen molar-refractivity contribution in [2.45, 2.75) is 29.7 Å². The zero-order valence-corrected chi connectivity index (χ0v) is 26.1. The molecule has 1 aromatic heterocycles. The van der Waals surface area contributed by atoms with Crippen LogP contribution in [-0.2, 0) is 9.84 Å². The van der Waals surface area contributed by atoms with Crippen molar-refractivity contribution in [3.8, 4) is 33.9 Å². The number of H-pyrrole nitrogens is 1. The molecule has 0 aliphatic heterocycles. The van der Waals surface area contributed by atoms with Crippen molar-refractivity contribution in [2.24, 2.45) is 0 Å². The lowest BCUT2D eigenvalue weighted by molar-refractivity contribution is -0.0436. The first-order chi connectivity index (χ1) is 21.7. The van der Waals surface area contributed by atoms with Gasteiger partial charge in [-0.15, -0.1) is 0 Å². The van der Waals surface area contributed by atoms with Crippen molar-refractivity contribution in [3.05, 3.63) is 112 Å². The average Bonchev–Trinajstić information content (AvgIpc) is 3.48. The fourth-order valence-corrected chi connectivity index (χ4v) is 6.15. The van der Waals surface area contributed by atoms with E-state index in [1.807, 2.05) is 30.3 Å². The molecule has 0 aliphatic rings. The monoisotopic (exact) mass is 689 g/mol. The molecule has 0 aliphatic carbocycles. The first kappa shape index (κ1) is 32.9. The molecule has 1 atom stereocenters. The molecule has 0 radical (unpaired) electrons. The number of ether oxygens (including phenoxy) is 1. The topological polar surface area (TPSA) is 135 Å². The Morgan fingerprint density at radius 3 is 2.20 bits per heavy atom. The summed E-state index contributed by atoms with van der Waals surface area (Å²) < 4.78 is 69.0. The van der Waals surface area contributed by atoms with Gasteiger partial charge in [0.2, 0.25) is 0 Å². The summed E-state index contributed by atoms with van der Waals surface area (Å²) in [6.07, 6.45) is 2.57. The van der Waals surface area contributed by atoms with Gasteiger partial charge in [0, 0.05) is 28.8 Å². The minimum Gasteiger partial charge on any atom is -0.478 e. The van der Waals surface area contributed by atoms with Crippen LogP contribution in [0.2, 0.25) is 10.0 Å². The number of rotatable bonds is 9. The van der Waals surface area contributed by atoms with Gasteiger partial charge in [-0.2, -0.15) is 13.2 Å².